The molecule has 2 aromatic heterocycles. The van der Waals surface area contributed by atoms with Crippen molar-refractivity contribution >= 4 is 45.2 Å². The standard InChI is InChI=1S/C38H25N4O.Pt/c43-36-17-9-12-27-18-20-31(40-38(27)36)29-19-21-34-35(24-29)42(37-25-28(22-23-39-37)26-10-3-1-4-11-26)33-16-8-7-15-32(33)41(34)30-13-5-2-6-14-30;/h1-23,25,43H;/q-1;. The summed E-state index contributed by atoms with van der Waals surface area (Å²) < 4.78 is 0. The van der Waals surface area contributed by atoms with E-state index in [9.17, 15) is 5.11 Å². The van der Waals surface area contributed by atoms with E-state index in [4.69, 9.17) is 9.97 Å². The molecule has 1 aliphatic rings. The van der Waals surface area contributed by atoms with Crippen molar-refractivity contribution in [3.8, 4) is 28.1 Å². The summed E-state index contributed by atoms with van der Waals surface area (Å²) in [6, 6.07) is 50.5. The minimum Gasteiger partial charge on any atom is -0.506 e. The van der Waals surface area contributed by atoms with Gasteiger partial charge >= 0.3 is 0 Å². The third kappa shape index (κ3) is 4.72. The fourth-order valence-corrected chi connectivity index (χ4v) is 5.79. The number of rotatable bonds is 4. The van der Waals surface area contributed by atoms with Crippen LogP contribution >= 0.6 is 0 Å². The monoisotopic (exact) mass is 748 g/mol. The zero-order chi connectivity index (χ0) is 28.8. The summed E-state index contributed by atoms with van der Waals surface area (Å²) in [5.41, 5.74) is 9.25. The SMILES string of the molecule is Oc1cccc2ccc(-c3[c-]c4c(cc3)N(c3ccccc3)c3ccccc3N4c3cc(-c4ccccc4)ccn3)nc12.[Pt]. The first-order valence-corrected chi connectivity index (χ1v) is 14.2. The summed E-state index contributed by atoms with van der Waals surface area (Å²) in [5, 5.41) is 11.4. The summed E-state index contributed by atoms with van der Waals surface area (Å²) >= 11 is 0. The number of pyridine rings is 2. The molecule has 3 heterocycles. The molecule has 1 N–H and O–H groups in total. The van der Waals surface area contributed by atoms with Gasteiger partial charge in [0.05, 0.1) is 11.4 Å². The van der Waals surface area contributed by atoms with Gasteiger partial charge in [-0.15, -0.1) is 23.8 Å². The van der Waals surface area contributed by atoms with Crippen molar-refractivity contribution in [3.63, 3.8) is 0 Å². The Labute approximate surface area is 270 Å². The van der Waals surface area contributed by atoms with Crippen LogP contribution in [0, 0.1) is 6.07 Å². The van der Waals surface area contributed by atoms with Crippen molar-refractivity contribution in [2.45, 2.75) is 0 Å². The molecule has 0 radical (unpaired) electrons. The molecule has 0 atom stereocenters. The molecular formula is C38H25N4OPt-. The summed E-state index contributed by atoms with van der Waals surface area (Å²) in [6.45, 7) is 0. The average Bonchev–Trinajstić information content (AvgIpc) is 3.08. The quantitative estimate of drug-likeness (QED) is 0.182. The molecular weight excluding hydrogens is 724 g/mol. The second kappa shape index (κ2) is 11.4. The molecule has 5 nitrogen and oxygen atoms in total. The van der Waals surface area contributed by atoms with Crippen molar-refractivity contribution in [2.75, 3.05) is 9.80 Å². The van der Waals surface area contributed by atoms with Gasteiger partial charge in [-0.3, -0.25) is 4.98 Å². The van der Waals surface area contributed by atoms with Crippen LogP contribution < -0.4 is 9.80 Å². The van der Waals surface area contributed by atoms with Crippen LogP contribution in [0.3, 0.4) is 0 Å². The molecule has 0 spiro atoms. The number of hydrogen-bond acceptors (Lipinski definition) is 5. The third-order valence-electron chi connectivity index (χ3n) is 7.80. The molecule has 7 aromatic rings. The van der Waals surface area contributed by atoms with E-state index in [0.717, 1.165) is 62.0 Å². The van der Waals surface area contributed by atoms with Gasteiger partial charge in [0.2, 0.25) is 0 Å². The number of aromatic nitrogens is 2. The van der Waals surface area contributed by atoms with Crippen LogP contribution in [0.25, 0.3) is 33.3 Å². The number of aromatic hydroxyl groups is 1. The second-order valence-electron chi connectivity index (χ2n) is 10.4. The Morgan fingerprint density at radius 1 is 0.591 bits per heavy atom. The minimum atomic E-state index is 0. The maximum absolute atomic E-state index is 10.5. The predicted molar refractivity (Wildman–Crippen MR) is 174 cm³/mol. The Kier molecular flexibility index (Phi) is 7.17. The first kappa shape index (κ1) is 27.6. The van der Waals surface area contributed by atoms with E-state index in [1.807, 2.05) is 66.9 Å². The first-order chi connectivity index (χ1) is 21.2. The zero-order valence-electron chi connectivity index (χ0n) is 23.4. The van der Waals surface area contributed by atoms with Gasteiger partial charge in [0, 0.05) is 38.3 Å². The normalized spacial score (nSPS) is 11.9. The first-order valence-electron chi connectivity index (χ1n) is 14.2. The van der Waals surface area contributed by atoms with E-state index in [0.29, 0.717) is 5.52 Å². The topological polar surface area (TPSA) is 52.5 Å². The van der Waals surface area contributed by atoms with E-state index in [2.05, 4.69) is 88.7 Å². The molecule has 5 aromatic carbocycles. The van der Waals surface area contributed by atoms with Crippen molar-refractivity contribution in [3.05, 3.63) is 152 Å². The summed E-state index contributed by atoms with van der Waals surface area (Å²) in [5.74, 6) is 0.949. The van der Waals surface area contributed by atoms with Crippen molar-refractivity contribution in [1.29, 1.82) is 0 Å². The van der Waals surface area contributed by atoms with Gasteiger partial charge < -0.3 is 14.9 Å². The number of phenolic OH excluding ortho intramolecular Hbond substituents is 1. The van der Waals surface area contributed by atoms with Crippen molar-refractivity contribution < 1.29 is 26.2 Å². The van der Waals surface area contributed by atoms with Gasteiger partial charge in [-0.25, -0.2) is 4.98 Å². The van der Waals surface area contributed by atoms with Crippen molar-refractivity contribution in [1.82, 2.24) is 9.97 Å². The van der Waals surface area contributed by atoms with Crippen LogP contribution in [-0.2, 0) is 21.1 Å². The molecule has 0 saturated heterocycles. The smallest absolute Gasteiger partial charge is 0.140 e. The van der Waals surface area contributed by atoms with Gasteiger partial charge in [-0.2, -0.15) is 0 Å². The fraction of sp³-hybridized carbons (Fsp3) is 0. The molecule has 0 aliphatic carbocycles. The Balaban J connectivity index is 0.00000312. The predicted octanol–water partition coefficient (Wildman–Crippen LogP) is 9.72. The van der Waals surface area contributed by atoms with Crippen LogP contribution in [0.4, 0.5) is 34.3 Å². The van der Waals surface area contributed by atoms with E-state index < -0.39 is 0 Å². The van der Waals surface area contributed by atoms with Gasteiger partial charge in [0.25, 0.3) is 0 Å². The van der Waals surface area contributed by atoms with Gasteiger partial charge in [0.15, 0.2) is 0 Å². The number of hydrogen-bond donors (Lipinski definition) is 1. The third-order valence-corrected chi connectivity index (χ3v) is 7.80. The number of phenols is 1. The molecule has 0 saturated carbocycles. The van der Waals surface area contributed by atoms with E-state index in [-0.39, 0.29) is 26.8 Å². The Hall–Kier alpha value is -5.25. The van der Waals surface area contributed by atoms with Crippen LogP contribution in [0.1, 0.15) is 0 Å². The fourth-order valence-electron chi connectivity index (χ4n) is 5.79. The van der Waals surface area contributed by atoms with Crippen LogP contribution in [-0.4, -0.2) is 15.1 Å². The maximum Gasteiger partial charge on any atom is 0.140 e. The maximum atomic E-state index is 10.5. The molecule has 8 rings (SSSR count). The molecule has 6 heteroatoms. The zero-order valence-corrected chi connectivity index (χ0v) is 25.7. The van der Waals surface area contributed by atoms with E-state index in [1.165, 1.54) is 0 Å². The summed E-state index contributed by atoms with van der Waals surface area (Å²) in [4.78, 5) is 14.2. The van der Waals surface area contributed by atoms with Crippen LogP contribution in [0.5, 0.6) is 5.75 Å². The second-order valence-corrected chi connectivity index (χ2v) is 10.4. The molecule has 0 unspecified atom stereocenters. The molecule has 0 bridgehead atoms. The largest absolute Gasteiger partial charge is 0.506 e. The number of nitrogens with zero attached hydrogens (tertiary/aromatic N) is 4. The molecule has 44 heavy (non-hydrogen) atoms. The molecule has 0 fully saturated rings. The van der Waals surface area contributed by atoms with Gasteiger partial charge in [-0.05, 0) is 70.7 Å². The van der Waals surface area contributed by atoms with Gasteiger partial charge in [0.1, 0.15) is 17.1 Å². The average molecular weight is 749 g/mol. The molecule has 0 amide bonds. The number of benzene rings is 5. The Morgan fingerprint density at radius 2 is 1.32 bits per heavy atom. The van der Waals surface area contributed by atoms with E-state index >= 15 is 0 Å². The number of anilines is 6. The molecule has 1 aliphatic heterocycles. The van der Waals surface area contributed by atoms with Gasteiger partial charge in [-0.1, -0.05) is 84.9 Å². The summed E-state index contributed by atoms with van der Waals surface area (Å²) in [6.07, 6.45) is 1.86. The Morgan fingerprint density at radius 3 is 2.11 bits per heavy atom. The van der Waals surface area contributed by atoms with E-state index in [1.54, 1.807) is 6.07 Å². The van der Waals surface area contributed by atoms with Crippen LogP contribution in [0.2, 0.25) is 0 Å². The number of fused-ring (bicyclic) bond motifs is 3. The Bertz CT molecular complexity index is 2120. The number of para-hydroxylation sites is 4. The van der Waals surface area contributed by atoms with Crippen LogP contribution in [0.15, 0.2) is 146 Å². The van der Waals surface area contributed by atoms with Crippen molar-refractivity contribution in [2.24, 2.45) is 0 Å². The summed E-state index contributed by atoms with van der Waals surface area (Å²) in [7, 11) is 0. The molecule has 214 valence electrons. The minimum absolute atomic E-state index is 0.